The Labute approximate surface area is 93.6 Å². The van der Waals surface area contributed by atoms with Gasteiger partial charge in [0.05, 0.1) is 11.3 Å². The van der Waals surface area contributed by atoms with Crippen LogP contribution < -0.4 is 5.32 Å². The summed E-state index contributed by atoms with van der Waals surface area (Å²) in [5.41, 5.74) is 0.637. The number of halogens is 1. The first kappa shape index (κ1) is 10.9. The summed E-state index contributed by atoms with van der Waals surface area (Å²) in [6.07, 6.45) is -0.436. The highest BCUT2D eigenvalue weighted by molar-refractivity contribution is 5.97. The molecule has 1 atom stereocenters. The van der Waals surface area contributed by atoms with Gasteiger partial charge in [-0.2, -0.15) is 0 Å². The molecule has 1 aromatic carbocycles. The second kappa shape index (κ2) is 3.47. The van der Waals surface area contributed by atoms with Crippen molar-refractivity contribution in [1.29, 1.82) is 0 Å². The first-order valence-electron chi connectivity index (χ1n) is 5.15. The van der Waals surface area contributed by atoms with Crippen molar-refractivity contribution < 1.29 is 13.9 Å². The maximum atomic E-state index is 13.1. The molecule has 86 valence electrons. The maximum Gasteiger partial charge on any atom is 0.342 e. The fourth-order valence-corrected chi connectivity index (χ4v) is 1.55. The lowest BCUT2D eigenvalue weighted by Gasteiger charge is -2.35. The second-order valence-corrected chi connectivity index (χ2v) is 4.99. The zero-order chi connectivity index (χ0) is 11.9. The van der Waals surface area contributed by atoms with Crippen molar-refractivity contribution in [1.82, 2.24) is 0 Å². The number of nitrogens with one attached hydrogen (secondary N) is 1. The number of ether oxygens (including phenoxy) is 1. The Morgan fingerprint density at radius 2 is 2.06 bits per heavy atom. The smallest absolute Gasteiger partial charge is 0.342 e. The van der Waals surface area contributed by atoms with Crippen molar-refractivity contribution in [2.75, 3.05) is 5.32 Å². The predicted molar refractivity (Wildman–Crippen MR) is 58.7 cm³/mol. The number of hydrogen-bond donors (Lipinski definition) is 1. The van der Waals surface area contributed by atoms with E-state index in [1.807, 2.05) is 20.8 Å². The quantitative estimate of drug-likeness (QED) is 0.687. The summed E-state index contributed by atoms with van der Waals surface area (Å²) >= 11 is 0. The number of hydrogen-bond acceptors (Lipinski definition) is 3. The molecule has 0 aliphatic carbocycles. The number of benzene rings is 1. The minimum absolute atomic E-state index is 0.236. The zero-order valence-electron chi connectivity index (χ0n) is 9.50. The molecule has 0 saturated carbocycles. The average molecular weight is 223 g/mol. The highest BCUT2D eigenvalue weighted by Crippen LogP contribution is 2.31. The molecule has 0 radical (unpaired) electrons. The van der Waals surface area contributed by atoms with Gasteiger partial charge in [-0.3, -0.25) is 0 Å². The number of anilines is 1. The van der Waals surface area contributed by atoms with Gasteiger partial charge in [0, 0.05) is 5.41 Å². The van der Waals surface area contributed by atoms with Gasteiger partial charge >= 0.3 is 5.97 Å². The molecule has 2 rings (SSSR count). The van der Waals surface area contributed by atoms with Gasteiger partial charge in [0.2, 0.25) is 0 Å². The summed E-state index contributed by atoms with van der Waals surface area (Å²) in [7, 11) is 0. The van der Waals surface area contributed by atoms with Gasteiger partial charge < -0.3 is 10.1 Å². The van der Waals surface area contributed by atoms with E-state index in [-0.39, 0.29) is 11.2 Å². The molecule has 1 unspecified atom stereocenters. The molecule has 0 spiro atoms. The van der Waals surface area contributed by atoms with Crippen molar-refractivity contribution in [3.63, 3.8) is 0 Å². The summed E-state index contributed by atoms with van der Waals surface area (Å²) in [4.78, 5) is 11.7. The highest BCUT2D eigenvalue weighted by Gasteiger charge is 2.34. The Hall–Kier alpha value is -1.58. The van der Waals surface area contributed by atoms with E-state index in [0.717, 1.165) is 0 Å². The number of carbonyl (C=O) groups is 1. The van der Waals surface area contributed by atoms with Crippen LogP contribution in [-0.4, -0.2) is 12.2 Å². The number of cyclic esters (lactones) is 1. The van der Waals surface area contributed by atoms with Crippen molar-refractivity contribution in [2.24, 2.45) is 5.41 Å². The monoisotopic (exact) mass is 223 g/mol. The summed E-state index contributed by atoms with van der Waals surface area (Å²) < 4.78 is 18.3. The molecule has 4 heteroatoms. The Bertz CT molecular complexity index is 437. The molecule has 0 amide bonds. The van der Waals surface area contributed by atoms with Crippen LogP contribution >= 0.6 is 0 Å². The molecule has 3 nitrogen and oxygen atoms in total. The predicted octanol–water partition coefficient (Wildman–Crippen LogP) is 2.78. The first-order valence-corrected chi connectivity index (χ1v) is 5.15. The van der Waals surface area contributed by atoms with E-state index >= 15 is 0 Å². The van der Waals surface area contributed by atoms with Gasteiger partial charge in [0.15, 0.2) is 6.23 Å². The summed E-state index contributed by atoms with van der Waals surface area (Å²) in [6.45, 7) is 5.84. The summed E-state index contributed by atoms with van der Waals surface area (Å²) in [5.74, 6) is -0.776. The van der Waals surface area contributed by atoms with Crippen LogP contribution in [-0.2, 0) is 4.74 Å². The standard InChI is InChI=1S/C12H14FNO2/c1-12(2,3)11-14-9-6-7(13)4-5-8(9)10(15)16-11/h4-6,11,14H,1-3H3. The minimum atomic E-state index is -0.436. The summed E-state index contributed by atoms with van der Waals surface area (Å²) in [5, 5.41) is 3.03. The molecule has 1 aliphatic rings. The van der Waals surface area contributed by atoms with Crippen LogP contribution in [0.3, 0.4) is 0 Å². The largest absolute Gasteiger partial charge is 0.438 e. The fraction of sp³-hybridized carbons (Fsp3) is 0.417. The lowest BCUT2D eigenvalue weighted by molar-refractivity contribution is 0.00490. The van der Waals surface area contributed by atoms with Crippen molar-refractivity contribution in [3.8, 4) is 0 Å². The molecular weight excluding hydrogens is 209 g/mol. The molecule has 16 heavy (non-hydrogen) atoms. The molecule has 0 saturated heterocycles. The van der Waals surface area contributed by atoms with Gasteiger partial charge in [-0.05, 0) is 18.2 Å². The van der Waals surface area contributed by atoms with Gasteiger partial charge in [-0.15, -0.1) is 0 Å². The Kier molecular flexibility index (Phi) is 2.37. The topological polar surface area (TPSA) is 38.3 Å². The van der Waals surface area contributed by atoms with Crippen molar-refractivity contribution >= 4 is 11.7 Å². The van der Waals surface area contributed by atoms with Gasteiger partial charge in [0.1, 0.15) is 5.82 Å². The van der Waals surface area contributed by atoms with Crippen molar-refractivity contribution in [3.05, 3.63) is 29.6 Å². The molecule has 0 fully saturated rings. The number of esters is 1. The maximum absolute atomic E-state index is 13.1. The summed E-state index contributed by atoms with van der Waals surface area (Å²) in [6, 6.07) is 3.99. The molecule has 1 heterocycles. The van der Waals surface area contributed by atoms with Gasteiger partial charge in [0.25, 0.3) is 0 Å². The Morgan fingerprint density at radius 1 is 1.38 bits per heavy atom. The SMILES string of the molecule is CC(C)(C)C1Nc2cc(F)ccc2C(=O)O1. The second-order valence-electron chi connectivity index (χ2n) is 4.99. The van der Waals surface area contributed by atoms with E-state index < -0.39 is 12.2 Å². The Balaban J connectivity index is 2.39. The third-order valence-electron chi connectivity index (χ3n) is 2.50. The Morgan fingerprint density at radius 3 is 2.69 bits per heavy atom. The molecule has 0 bridgehead atoms. The third-order valence-corrected chi connectivity index (χ3v) is 2.50. The van der Waals surface area contributed by atoms with Crippen molar-refractivity contribution in [2.45, 2.75) is 27.0 Å². The van der Waals surface area contributed by atoms with E-state index in [4.69, 9.17) is 4.74 Å². The zero-order valence-corrected chi connectivity index (χ0v) is 9.50. The highest BCUT2D eigenvalue weighted by atomic mass is 19.1. The third kappa shape index (κ3) is 1.87. The van der Waals surface area contributed by atoms with Crippen LogP contribution in [0.5, 0.6) is 0 Å². The van der Waals surface area contributed by atoms with Crippen LogP contribution in [0, 0.1) is 11.2 Å². The van der Waals surface area contributed by atoms with E-state index in [1.165, 1.54) is 18.2 Å². The number of fused-ring (bicyclic) bond motifs is 1. The van der Waals surface area contributed by atoms with E-state index in [2.05, 4.69) is 5.32 Å². The molecular formula is C12H14FNO2. The first-order chi connectivity index (χ1) is 7.38. The lowest BCUT2D eigenvalue weighted by Crippen LogP contribution is -2.41. The fourth-order valence-electron chi connectivity index (χ4n) is 1.55. The van der Waals surface area contributed by atoms with Gasteiger partial charge in [-0.25, -0.2) is 9.18 Å². The number of rotatable bonds is 0. The lowest BCUT2D eigenvalue weighted by atomic mass is 9.92. The molecule has 0 aromatic heterocycles. The minimum Gasteiger partial charge on any atom is -0.438 e. The van der Waals surface area contributed by atoms with Crippen LogP contribution in [0.25, 0.3) is 0 Å². The molecule has 1 aromatic rings. The van der Waals surface area contributed by atoms with E-state index in [1.54, 1.807) is 0 Å². The number of carbonyl (C=O) groups excluding carboxylic acids is 1. The average Bonchev–Trinajstić information content (AvgIpc) is 2.15. The van der Waals surface area contributed by atoms with Crippen LogP contribution in [0.4, 0.5) is 10.1 Å². The van der Waals surface area contributed by atoms with Crippen LogP contribution in [0.15, 0.2) is 18.2 Å². The van der Waals surface area contributed by atoms with Crippen LogP contribution in [0.2, 0.25) is 0 Å². The van der Waals surface area contributed by atoms with E-state index in [0.29, 0.717) is 11.3 Å². The normalized spacial score (nSPS) is 19.8. The van der Waals surface area contributed by atoms with E-state index in [9.17, 15) is 9.18 Å². The molecule has 1 N–H and O–H groups in total. The van der Waals surface area contributed by atoms with Gasteiger partial charge in [-0.1, -0.05) is 20.8 Å². The van der Waals surface area contributed by atoms with Crippen LogP contribution in [0.1, 0.15) is 31.1 Å². The molecule has 1 aliphatic heterocycles.